The molecular weight excluding hydrogens is 839 g/mol. The summed E-state index contributed by atoms with van der Waals surface area (Å²) in [6.07, 6.45) is 6.36. The molecule has 3 aromatic heterocycles. The van der Waals surface area contributed by atoms with Gasteiger partial charge in [0.05, 0.1) is 33.1 Å². The van der Waals surface area contributed by atoms with E-state index in [0.717, 1.165) is 93.7 Å². The molecular formula is C64H43N5. The number of rotatable bonds is 8. The van der Waals surface area contributed by atoms with Crippen molar-refractivity contribution in [3.8, 4) is 22.8 Å². The Kier molecular flexibility index (Phi) is 9.58. The summed E-state index contributed by atoms with van der Waals surface area (Å²) >= 11 is 0. The first-order valence-electron chi connectivity index (χ1n) is 23.4. The zero-order valence-electron chi connectivity index (χ0n) is 37.6. The van der Waals surface area contributed by atoms with Gasteiger partial charge in [0, 0.05) is 49.5 Å². The molecule has 0 aliphatic carbocycles. The van der Waals surface area contributed by atoms with E-state index >= 15 is 0 Å². The summed E-state index contributed by atoms with van der Waals surface area (Å²) in [7, 11) is 0. The van der Waals surface area contributed by atoms with E-state index < -0.39 is 0 Å². The second-order valence-electron chi connectivity index (χ2n) is 17.4. The number of benzene rings is 10. The average molecular weight is 882 g/mol. The van der Waals surface area contributed by atoms with E-state index in [0.29, 0.717) is 5.95 Å². The predicted molar refractivity (Wildman–Crippen MR) is 291 cm³/mol. The first-order chi connectivity index (χ1) is 34.2. The molecule has 69 heavy (non-hydrogen) atoms. The Morgan fingerprint density at radius 1 is 0.420 bits per heavy atom. The fourth-order valence-corrected chi connectivity index (χ4v) is 10.4. The molecule has 0 N–H and O–H groups in total. The average Bonchev–Trinajstić information content (AvgIpc) is 3.90. The van der Waals surface area contributed by atoms with Gasteiger partial charge in [0.1, 0.15) is 0 Å². The maximum absolute atomic E-state index is 5.47. The molecule has 10 aromatic carbocycles. The zero-order valence-corrected chi connectivity index (χ0v) is 37.6. The second-order valence-corrected chi connectivity index (χ2v) is 17.4. The SMILES string of the molecule is C=c1/c(=C\C=C\c2nc(-n3c4ccccc4c4c5ccccc5c(-c5cc(N(c6ccccc6)c6ccccc6)cc6ccccc56)cc43)nc3ccccc23)n(-c2ccccc2)c2ccccc12. The number of para-hydroxylation sites is 6. The highest BCUT2D eigenvalue weighted by molar-refractivity contribution is 6.25. The number of hydrogen-bond acceptors (Lipinski definition) is 3. The predicted octanol–water partition coefficient (Wildman–Crippen LogP) is 15.0. The highest BCUT2D eigenvalue weighted by Gasteiger charge is 2.22. The van der Waals surface area contributed by atoms with Crippen LogP contribution in [0.3, 0.4) is 0 Å². The molecule has 0 spiro atoms. The molecule has 0 aliphatic rings. The van der Waals surface area contributed by atoms with Gasteiger partial charge >= 0.3 is 0 Å². The lowest BCUT2D eigenvalue weighted by Crippen LogP contribution is -2.26. The van der Waals surface area contributed by atoms with Gasteiger partial charge in [0.2, 0.25) is 5.95 Å². The van der Waals surface area contributed by atoms with Crippen LogP contribution in [-0.2, 0) is 0 Å². The molecule has 0 saturated carbocycles. The quantitative estimate of drug-likeness (QED) is 0.153. The summed E-state index contributed by atoms with van der Waals surface area (Å²) in [6, 6.07) is 81.8. The summed E-state index contributed by atoms with van der Waals surface area (Å²) in [5, 5.41) is 11.1. The fourth-order valence-electron chi connectivity index (χ4n) is 10.4. The smallest absolute Gasteiger partial charge is 0.235 e. The number of nitrogens with zero attached hydrogens (tertiary/aromatic N) is 5. The van der Waals surface area contributed by atoms with Crippen LogP contribution in [0.4, 0.5) is 17.1 Å². The van der Waals surface area contributed by atoms with Gasteiger partial charge in [-0.1, -0.05) is 170 Å². The van der Waals surface area contributed by atoms with Crippen LogP contribution in [0.5, 0.6) is 0 Å². The van der Waals surface area contributed by atoms with Gasteiger partial charge in [-0.3, -0.25) is 4.57 Å². The lowest BCUT2D eigenvalue weighted by atomic mass is 9.91. The molecule has 0 amide bonds. The molecule has 0 unspecified atom stereocenters. The molecule has 13 aromatic rings. The van der Waals surface area contributed by atoms with Gasteiger partial charge in [-0.15, -0.1) is 0 Å². The summed E-state index contributed by atoms with van der Waals surface area (Å²) < 4.78 is 4.55. The van der Waals surface area contributed by atoms with E-state index in [1.807, 2.05) is 6.07 Å². The van der Waals surface area contributed by atoms with E-state index in [1.165, 1.54) is 21.5 Å². The third-order valence-electron chi connectivity index (χ3n) is 13.5. The third-order valence-corrected chi connectivity index (χ3v) is 13.5. The highest BCUT2D eigenvalue weighted by atomic mass is 15.2. The molecule has 0 bridgehead atoms. The molecule has 5 nitrogen and oxygen atoms in total. The van der Waals surface area contributed by atoms with Gasteiger partial charge < -0.3 is 9.47 Å². The van der Waals surface area contributed by atoms with Gasteiger partial charge in [-0.25, -0.2) is 9.97 Å². The first-order valence-corrected chi connectivity index (χ1v) is 23.4. The van der Waals surface area contributed by atoms with Crippen LogP contribution in [0.15, 0.2) is 237 Å². The van der Waals surface area contributed by atoms with E-state index in [-0.39, 0.29) is 0 Å². The Bertz CT molecular complexity index is 4230. The van der Waals surface area contributed by atoms with Crippen molar-refractivity contribution in [1.29, 1.82) is 0 Å². The van der Waals surface area contributed by atoms with E-state index in [2.05, 4.69) is 263 Å². The van der Waals surface area contributed by atoms with Crippen LogP contribution < -0.4 is 15.5 Å². The van der Waals surface area contributed by atoms with Crippen molar-refractivity contribution >= 4 is 101 Å². The van der Waals surface area contributed by atoms with Gasteiger partial charge in [-0.2, -0.15) is 0 Å². The molecule has 0 fully saturated rings. The first kappa shape index (κ1) is 40.0. The summed E-state index contributed by atoms with van der Waals surface area (Å²) in [6.45, 7) is 4.57. The number of allylic oxidation sites excluding steroid dienone is 1. The minimum atomic E-state index is 0.606. The highest BCUT2D eigenvalue weighted by Crippen LogP contribution is 2.45. The number of anilines is 3. The summed E-state index contributed by atoms with van der Waals surface area (Å²) in [5.41, 5.74) is 11.5. The Morgan fingerprint density at radius 3 is 1.70 bits per heavy atom. The summed E-state index contributed by atoms with van der Waals surface area (Å²) in [5.74, 6) is 0.606. The van der Waals surface area contributed by atoms with E-state index in [1.54, 1.807) is 0 Å². The van der Waals surface area contributed by atoms with Crippen LogP contribution in [-0.4, -0.2) is 19.1 Å². The van der Waals surface area contributed by atoms with Gasteiger partial charge in [0.25, 0.3) is 0 Å². The standard InChI is InChI=1S/C64H43N5/c1-43-49-29-16-19-37-60(49)68(47-27-9-4-10-28-47)59(43)39-21-36-58-53-33-15-18-35-57(53)65-64(66-58)69-61-38-20-17-34-54(61)63-52-32-14-13-31-51(52)56(42-62(63)69)55-41-48(40-44-22-11-12-30-50(44)55)67(45-23-5-2-6-24-45)46-25-7-3-8-26-46/h2-42H,1H2/b36-21+,59-39+. The largest absolute Gasteiger partial charge is 0.310 e. The fraction of sp³-hybridized carbons (Fsp3) is 0. The topological polar surface area (TPSA) is 38.9 Å². The molecule has 5 heteroatoms. The van der Waals surface area contributed by atoms with Crippen LogP contribution in [0, 0.1) is 0 Å². The monoisotopic (exact) mass is 881 g/mol. The van der Waals surface area contributed by atoms with Gasteiger partial charge in [-0.05, 0) is 118 Å². The van der Waals surface area contributed by atoms with E-state index in [4.69, 9.17) is 9.97 Å². The molecule has 13 rings (SSSR count). The number of hydrogen-bond donors (Lipinski definition) is 0. The maximum atomic E-state index is 5.47. The van der Waals surface area contributed by atoms with Crippen LogP contribution in [0.25, 0.3) is 107 Å². The van der Waals surface area contributed by atoms with Crippen molar-refractivity contribution in [2.24, 2.45) is 0 Å². The van der Waals surface area contributed by atoms with Crippen LogP contribution in [0.2, 0.25) is 0 Å². The zero-order chi connectivity index (χ0) is 45.8. The normalized spacial score (nSPS) is 12.1. The molecule has 0 atom stereocenters. The maximum Gasteiger partial charge on any atom is 0.235 e. The Hall–Kier alpha value is -9.32. The van der Waals surface area contributed by atoms with Crippen molar-refractivity contribution in [3.05, 3.63) is 253 Å². The lowest BCUT2D eigenvalue weighted by Gasteiger charge is -2.27. The Balaban J connectivity index is 1.05. The molecule has 324 valence electrons. The van der Waals surface area contributed by atoms with Crippen molar-refractivity contribution in [2.75, 3.05) is 4.90 Å². The molecule has 0 saturated heterocycles. The Morgan fingerprint density at radius 2 is 0.971 bits per heavy atom. The van der Waals surface area contributed by atoms with Crippen LogP contribution >= 0.6 is 0 Å². The van der Waals surface area contributed by atoms with Crippen molar-refractivity contribution in [2.45, 2.75) is 0 Å². The van der Waals surface area contributed by atoms with E-state index in [9.17, 15) is 0 Å². The lowest BCUT2D eigenvalue weighted by molar-refractivity contribution is 1.01. The number of fused-ring (bicyclic) bond motifs is 8. The molecule has 3 heterocycles. The Labute approximate surface area is 398 Å². The van der Waals surface area contributed by atoms with Crippen molar-refractivity contribution < 1.29 is 0 Å². The molecule has 0 aliphatic heterocycles. The third kappa shape index (κ3) is 6.70. The van der Waals surface area contributed by atoms with Crippen molar-refractivity contribution in [1.82, 2.24) is 19.1 Å². The minimum absolute atomic E-state index is 0.606. The molecule has 0 radical (unpaired) electrons. The second kappa shape index (κ2) is 16.5. The number of aromatic nitrogens is 4. The van der Waals surface area contributed by atoms with Gasteiger partial charge in [0.15, 0.2) is 0 Å². The minimum Gasteiger partial charge on any atom is -0.310 e. The van der Waals surface area contributed by atoms with Crippen molar-refractivity contribution in [3.63, 3.8) is 0 Å². The summed E-state index contributed by atoms with van der Waals surface area (Å²) in [4.78, 5) is 13.2. The van der Waals surface area contributed by atoms with Crippen LogP contribution in [0.1, 0.15) is 5.69 Å².